The molecular formula is C23H28N4O4S. The van der Waals surface area contributed by atoms with Crippen LogP contribution in [0.5, 0.6) is 5.75 Å². The lowest BCUT2D eigenvalue weighted by molar-refractivity contribution is 0.0952. The molecule has 170 valence electrons. The van der Waals surface area contributed by atoms with Crippen molar-refractivity contribution < 1.29 is 17.9 Å². The first-order valence-corrected chi connectivity index (χ1v) is 11.8. The highest BCUT2D eigenvalue weighted by Crippen LogP contribution is 2.28. The fourth-order valence-electron chi connectivity index (χ4n) is 3.26. The summed E-state index contributed by atoms with van der Waals surface area (Å²) in [6.07, 6.45) is 7.07. The number of sulfonamides is 1. The minimum Gasteiger partial charge on any atom is -0.495 e. The number of unbranched alkanes of at least 4 members (excludes halogenated alkanes) is 1. The summed E-state index contributed by atoms with van der Waals surface area (Å²) in [4.78, 5) is 16.6. The number of hydrogen-bond donors (Lipinski definition) is 1. The second-order valence-corrected chi connectivity index (χ2v) is 9.39. The summed E-state index contributed by atoms with van der Waals surface area (Å²) in [6, 6.07) is 13.8. The third-order valence-electron chi connectivity index (χ3n) is 5.05. The van der Waals surface area contributed by atoms with Gasteiger partial charge in [-0.3, -0.25) is 4.79 Å². The number of aromatic nitrogens is 2. The summed E-state index contributed by atoms with van der Waals surface area (Å²) < 4.78 is 34.9. The summed E-state index contributed by atoms with van der Waals surface area (Å²) in [5.74, 6) is -0.126. The van der Waals surface area contributed by atoms with Crippen molar-refractivity contribution in [2.24, 2.45) is 0 Å². The molecular weight excluding hydrogens is 428 g/mol. The molecule has 0 atom stereocenters. The van der Waals surface area contributed by atoms with E-state index >= 15 is 0 Å². The SMILES string of the molecule is COc1ccc(C(=O)NCCCCn2ccnc2)cc1S(=O)(=O)N(C)Cc1ccccc1. The van der Waals surface area contributed by atoms with Crippen LogP contribution in [0, 0.1) is 0 Å². The summed E-state index contributed by atoms with van der Waals surface area (Å²) in [7, 11) is -0.954. The molecule has 9 heteroatoms. The average molecular weight is 457 g/mol. The predicted molar refractivity (Wildman–Crippen MR) is 122 cm³/mol. The number of amides is 1. The van der Waals surface area contributed by atoms with Crippen LogP contribution in [-0.2, 0) is 23.1 Å². The van der Waals surface area contributed by atoms with Gasteiger partial charge in [-0.05, 0) is 36.6 Å². The smallest absolute Gasteiger partial charge is 0.251 e. The molecule has 0 saturated heterocycles. The Morgan fingerprint density at radius 1 is 1.16 bits per heavy atom. The number of benzene rings is 2. The average Bonchev–Trinajstić information content (AvgIpc) is 3.32. The summed E-state index contributed by atoms with van der Waals surface area (Å²) in [6.45, 7) is 1.53. The molecule has 0 fully saturated rings. The number of rotatable bonds is 11. The van der Waals surface area contributed by atoms with E-state index in [0.29, 0.717) is 6.54 Å². The lowest BCUT2D eigenvalue weighted by Crippen LogP contribution is -2.28. The maximum atomic E-state index is 13.2. The van der Waals surface area contributed by atoms with E-state index in [4.69, 9.17) is 4.74 Å². The highest BCUT2D eigenvalue weighted by atomic mass is 32.2. The number of aryl methyl sites for hydroxylation is 1. The molecule has 32 heavy (non-hydrogen) atoms. The van der Waals surface area contributed by atoms with Crippen molar-refractivity contribution in [3.05, 3.63) is 78.4 Å². The van der Waals surface area contributed by atoms with Crippen molar-refractivity contribution in [1.82, 2.24) is 19.2 Å². The zero-order valence-corrected chi connectivity index (χ0v) is 19.1. The molecule has 1 N–H and O–H groups in total. The highest BCUT2D eigenvalue weighted by molar-refractivity contribution is 7.89. The highest BCUT2D eigenvalue weighted by Gasteiger charge is 2.26. The van der Waals surface area contributed by atoms with Crippen molar-refractivity contribution in [1.29, 1.82) is 0 Å². The first kappa shape index (κ1) is 23.5. The van der Waals surface area contributed by atoms with Crippen molar-refractivity contribution in [3.8, 4) is 5.75 Å². The number of nitrogens with zero attached hydrogens (tertiary/aromatic N) is 3. The molecule has 0 unspecified atom stereocenters. The zero-order valence-electron chi connectivity index (χ0n) is 18.3. The van der Waals surface area contributed by atoms with Crippen LogP contribution in [0.4, 0.5) is 0 Å². The van der Waals surface area contributed by atoms with Crippen LogP contribution in [0.15, 0.2) is 72.1 Å². The van der Waals surface area contributed by atoms with Crippen LogP contribution in [0.25, 0.3) is 0 Å². The van der Waals surface area contributed by atoms with Crippen molar-refractivity contribution in [2.45, 2.75) is 30.8 Å². The van der Waals surface area contributed by atoms with Gasteiger partial charge < -0.3 is 14.6 Å². The monoisotopic (exact) mass is 456 g/mol. The minimum atomic E-state index is -3.87. The number of methoxy groups -OCH3 is 1. The molecule has 0 aliphatic carbocycles. The van der Waals surface area contributed by atoms with Crippen LogP contribution >= 0.6 is 0 Å². The van der Waals surface area contributed by atoms with Gasteiger partial charge >= 0.3 is 0 Å². The number of nitrogens with one attached hydrogen (secondary N) is 1. The molecule has 8 nitrogen and oxygen atoms in total. The van der Waals surface area contributed by atoms with Crippen LogP contribution in [0.1, 0.15) is 28.8 Å². The fourth-order valence-corrected chi connectivity index (χ4v) is 4.59. The number of carbonyl (C=O) groups is 1. The Labute approximate surface area is 188 Å². The quantitative estimate of drug-likeness (QED) is 0.448. The Morgan fingerprint density at radius 2 is 1.94 bits per heavy atom. The third kappa shape index (κ3) is 5.95. The maximum Gasteiger partial charge on any atom is 0.251 e. The Morgan fingerprint density at radius 3 is 2.62 bits per heavy atom. The van der Waals surface area contributed by atoms with Crippen LogP contribution in [-0.4, -0.2) is 48.9 Å². The fraction of sp³-hybridized carbons (Fsp3) is 0.304. The topological polar surface area (TPSA) is 93.5 Å². The second-order valence-electron chi connectivity index (χ2n) is 7.38. The minimum absolute atomic E-state index is 0.0359. The largest absolute Gasteiger partial charge is 0.495 e. The molecule has 0 bridgehead atoms. The number of ether oxygens (including phenoxy) is 1. The van der Waals surface area contributed by atoms with Gasteiger partial charge in [0.2, 0.25) is 10.0 Å². The first-order chi connectivity index (χ1) is 15.4. The molecule has 0 aliphatic heterocycles. The van der Waals surface area contributed by atoms with E-state index in [1.807, 2.05) is 41.1 Å². The third-order valence-corrected chi connectivity index (χ3v) is 6.87. The molecule has 0 radical (unpaired) electrons. The van der Waals surface area contributed by atoms with Gasteiger partial charge in [0.05, 0.1) is 13.4 Å². The van der Waals surface area contributed by atoms with Gasteiger partial charge in [0.1, 0.15) is 10.6 Å². The Kier molecular flexibility index (Phi) is 8.02. The van der Waals surface area contributed by atoms with Crippen molar-refractivity contribution >= 4 is 15.9 Å². The van der Waals surface area contributed by atoms with E-state index in [1.54, 1.807) is 18.6 Å². The van der Waals surface area contributed by atoms with Crippen molar-refractivity contribution in [3.63, 3.8) is 0 Å². The maximum absolute atomic E-state index is 13.2. The first-order valence-electron chi connectivity index (χ1n) is 10.3. The molecule has 1 amide bonds. The van der Waals surface area contributed by atoms with E-state index in [0.717, 1.165) is 24.9 Å². The van der Waals surface area contributed by atoms with E-state index in [-0.39, 0.29) is 28.7 Å². The van der Waals surface area contributed by atoms with Crippen molar-refractivity contribution in [2.75, 3.05) is 20.7 Å². The molecule has 2 aromatic carbocycles. The standard InChI is InChI=1S/C23H28N4O4S/c1-26(17-19-8-4-3-5-9-19)32(29,30)22-16-20(10-11-21(22)31-2)23(28)25-12-6-7-14-27-15-13-24-18-27/h3-5,8-11,13,15-16,18H,6-7,12,14,17H2,1-2H3,(H,25,28). The van der Waals surface area contributed by atoms with E-state index in [9.17, 15) is 13.2 Å². The van der Waals surface area contributed by atoms with Crippen LogP contribution < -0.4 is 10.1 Å². The van der Waals surface area contributed by atoms with Gasteiger partial charge in [0.25, 0.3) is 5.91 Å². The van der Waals surface area contributed by atoms with Gasteiger partial charge in [-0.2, -0.15) is 4.31 Å². The normalized spacial score (nSPS) is 11.5. The Bertz CT molecular complexity index is 1120. The molecule has 3 rings (SSSR count). The van der Waals surface area contributed by atoms with E-state index in [1.165, 1.54) is 30.6 Å². The van der Waals surface area contributed by atoms with Gasteiger partial charge in [-0.25, -0.2) is 13.4 Å². The second kappa shape index (κ2) is 10.9. The number of carbonyl (C=O) groups excluding carboxylic acids is 1. The zero-order chi connectivity index (χ0) is 23.0. The van der Waals surface area contributed by atoms with Gasteiger partial charge in [0, 0.05) is 44.6 Å². The summed E-state index contributed by atoms with van der Waals surface area (Å²) >= 11 is 0. The van der Waals surface area contributed by atoms with Gasteiger partial charge in [0.15, 0.2) is 0 Å². The Balaban J connectivity index is 1.66. The predicted octanol–water partition coefficient (Wildman–Crippen LogP) is 2.92. The molecule has 0 spiro atoms. The summed E-state index contributed by atoms with van der Waals surface area (Å²) in [5.41, 5.74) is 1.13. The van der Waals surface area contributed by atoms with E-state index < -0.39 is 10.0 Å². The molecule has 1 aromatic heterocycles. The lowest BCUT2D eigenvalue weighted by Gasteiger charge is -2.19. The van der Waals surface area contributed by atoms with Crippen LogP contribution in [0.2, 0.25) is 0 Å². The number of imidazole rings is 1. The molecule has 0 aliphatic rings. The number of hydrogen-bond acceptors (Lipinski definition) is 5. The van der Waals surface area contributed by atoms with Gasteiger partial charge in [-0.15, -0.1) is 0 Å². The lowest BCUT2D eigenvalue weighted by atomic mass is 10.2. The van der Waals surface area contributed by atoms with E-state index in [2.05, 4.69) is 10.3 Å². The summed E-state index contributed by atoms with van der Waals surface area (Å²) in [5, 5.41) is 2.85. The molecule has 3 aromatic rings. The Hall–Kier alpha value is -3.17. The van der Waals surface area contributed by atoms with Crippen LogP contribution in [0.3, 0.4) is 0 Å². The molecule has 0 saturated carbocycles. The molecule has 1 heterocycles. The van der Waals surface area contributed by atoms with Gasteiger partial charge in [-0.1, -0.05) is 30.3 Å².